The Morgan fingerprint density at radius 3 is 2.50 bits per heavy atom. The third kappa shape index (κ3) is 5.32. The molecule has 4 aromatic rings. The molecule has 0 amide bonds. The fraction of sp³-hybridized carbons (Fsp3) is 0.300. The van der Waals surface area contributed by atoms with Gasteiger partial charge in [0.1, 0.15) is 41.8 Å². The zero-order valence-corrected chi connectivity index (χ0v) is 21.5. The highest BCUT2D eigenvalue weighted by atomic mass is 16.5. The topological polar surface area (TPSA) is 92.3 Å². The predicted octanol–water partition coefficient (Wildman–Crippen LogP) is 5.87. The smallest absolute Gasteiger partial charge is 0.353 e. The number of nitrogens with zero attached hydrogens (tertiary/aromatic N) is 1. The molecule has 8 nitrogen and oxygen atoms in total. The van der Waals surface area contributed by atoms with Crippen LogP contribution in [-0.4, -0.2) is 56.3 Å². The molecule has 0 fully saturated rings. The summed E-state index contributed by atoms with van der Waals surface area (Å²) >= 11 is 0. The second kappa shape index (κ2) is 11.6. The first-order chi connectivity index (χ1) is 18.6. The fourth-order valence-corrected chi connectivity index (χ4v) is 4.93. The minimum absolute atomic E-state index is 0.0625. The van der Waals surface area contributed by atoms with E-state index in [0.717, 1.165) is 22.0 Å². The summed E-state index contributed by atoms with van der Waals surface area (Å²) in [5, 5.41) is 12.2. The lowest BCUT2D eigenvalue weighted by Crippen LogP contribution is -2.19. The molecule has 0 aliphatic heterocycles. The number of rotatable bonds is 12. The first-order valence-corrected chi connectivity index (χ1v) is 12.6. The summed E-state index contributed by atoms with van der Waals surface area (Å²) < 4.78 is 30.1. The molecule has 0 saturated heterocycles. The minimum atomic E-state index is -1.01. The summed E-state index contributed by atoms with van der Waals surface area (Å²) in [7, 11) is 3.26. The Bertz CT molecular complexity index is 1460. The molecule has 1 aliphatic rings. The van der Waals surface area contributed by atoms with Crippen LogP contribution in [0.4, 0.5) is 0 Å². The molecule has 5 rings (SSSR count). The van der Waals surface area contributed by atoms with Gasteiger partial charge in [0, 0.05) is 55.5 Å². The van der Waals surface area contributed by atoms with Crippen LogP contribution >= 0.6 is 0 Å². The Labute approximate surface area is 220 Å². The molecular weight excluding hydrogens is 486 g/mol. The number of ether oxygens (including phenoxy) is 4. The van der Waals surface area contributed by atoms with Crippen LogP contribution in [0.25, 0.3) is 33.2 Å². The number of hydrogen-bond donors (Lipinski definition) is 1. The van der Waals surface area contributed by atoms with E-state index in [2.05, 4.69) is 0 Å². The number of carboxylic acids is 1. The molecule has 0 saturated carbocycles. The number of benzene rings is 2. The number of fused-ring (bicyclic) bond motifs is 2. The maximum absolute atomic E-state index is 12.8. The van der Waals surface area contributed by atoms with Crippen LogP contribution in [0.3, 0.4) is 0 Å². The van der Waals surface area contributed by atoms with Crippen molar-refractivity contribution in [1.82, 2.24) is 4.57 Å². The van der Waals surface area contributed by atoms with Gasteiger partial charge in [0.15, 0.2) is 0 Å². The maximum Gasteiger partial charge on any atom is 0.353 e. The summed E-state index contributed by atoms with van der Waals surface area (Å²) in [5.41, 5.74) is 2.31. The number of para-hydroxylation sites is 2. The van der Waals surface area contributed by atoms with Crippen molar-refractivity contribution in [3.05, 3.63) is 84.0 Å². The Hall–Kier alpha value is -4.01. The zero-order valence-electron chi connectivity index (χ0n) is 21.5. The highest BCUT2D eigenvalue weighted by molar-refractivity contribution is 6.08. The van der Waals surface area contributed by atoms with E-state index < -0.39 is 5.97 Å². The first-order valence-electron chi connectivity index (χ1n) is 12.6. The van der Waals surface area contributed by atoms with Gasteiger partial charge in [0.05, 0.1) is 18.8 Å². The number of carbonyl (C=O) groups is 1. The van der Waals surface area contributed by atoms with E-state index in [4.69, 9.17) is 23.4 Å². The van der Waals surface area contributed by atoms with Crippen LogP contribution < -0.4 is 0 Å². The number of aromatic carboxylic acids is 1. The SMILES string of the molecule is COCCOC1=CC(Cn2c(C(=O)O)c(-c3cc4ccccc4o3)c3ccccc32)CC(OCCOC)=C1. The Morgan fingerprint density at radius 1 is 1.00 bits per heavy atom. The number of allylic oxidation sites excluding steroid dienone is 3. The van der Waals surface area contributed by atoms with E-state index in [1.807, 2.05) is 71.3 Å². The lowest BCUT2D eigenvalue weighted by Gasteiger charge is -2.23. The summed E-state index contributed by atoms with van der Waals surface area (Å²) in [6, 6.07) is 17.3. The van der Waals surface area contributed by atoms with Crippen molar-refractivity contribution in [3.63, 3.8) is 0 Å². The molecule has 0 spiro atoms. The summed E-state index contributed by atoms with van der Waals surface area (Å²) in [6.45, 7) is 2.17. The minimum Gasteiger partial charge on any atom is -0.495 e. The fourth-order valence-electron chi connectivity index (χ4n) is 4.93. The van der Waals surface area contributed by atoms with Crippen LogP contribution in [-0.2, 0) is 25.5 Å². The number of methoxy groups -OCH3 is 2. The van der Waals surface area contributed by atoms with Gasteiger partial charge in [-0.2, -0.15) is 0 Å². The van der Waals surface area contributed by atoms with Crippen molar-refractivity contribution in [2.45, 2.75) is 13.0 Å². The largest absolute Gasteiger partial charge is 0.495 e. The van der Waals surface area contributed by atoms with E-state index in [-0.39, 0.29) is 11.6 Å². The highest BCUT2D eigenvalue weighted by Gasteiger charge is 2.28. The van der Waals surface area contributed by atoms with Gasteiger partial charge in [-0.15, -0.1) is 0 Å². The van der Waals surface area contributed by atoms with Crippen LogP contribution in [0.1, 0.15) is 16.9 Å². The standard InChI is InChI=1S/C30H31NO7/c1-34-11-13-36-22-15-20(16-23(18-22)37-14-12-35-2)19-31-25-9-5-4-8-24(25)28(29(31)30(32)33)27-17-21-7-3-6-10-26(21)38-27/h3-10,15,17-18,20H,11-14,16,19H2,1-2H3,(H,32,33). The van der Waals surface area contributed by atoms with Crippen LogP contribution in [0, 0.1) is 5.92 Å². The van der Waals surface area contributed by atoms with Crippen molar-refractivity contribution in [2.24, 2.45) is 5.92 Å². The van der Waals surface area contributed by atoms with Gasteiger partial charge in [-0.3, -0.25) is 0 Å². The van der Waals surface area contributed by atoms with Crippen LogP contribution in [0.15, 0.2) is 82.7 Å². The van der Waals surface area contributed by atoms with E-state index >= 15 is 0 Å². The van der Waals surface area contributed by atoms with E-state index in [1.165, 1.54) is 0 Å². The van der Waals surface area contributed by atoms with Crippen molar-refractivity contribution < 1.29 is 33.3 Å². The molecular formula is C30H31NO7. The summed E-state index contributed by atoms with van der Waals surface area (Å²) in [5.74, 6) is 0.904. The average molecular weight is 518 g/mol. The van der Waals surface area contributed by atoms with Gasteiger partial charge in [-0.25, -0.2) is 4.79 Å². The van der Waals surface area contributed by atoms with Gasteiger partial charge in [0.25, 0.3) is 0 Å². The summed E-state index contributed by atoms with van der Waals surface area (Å²) in [4.78, 5) is 12.8. The third-order valence-corrected chi connectivity index (χ3v) is 6.56. The molecule has 8 heteroatoms. The monoisotopic (exact) mass is 517 g/mol. The average Bonchev–Trinajstić information content (AvgIpc) is 3.48. The van der Waals surface area contributed by atoms with Crippen LogP contribution in [0.2, 0.25) is 0 Å². The molecule has 0 bridgehead atoms. The lowest BCUT2D eigenvalue weighted by molar-refractivity contribution is 0.0685. The lowest BCUT2D eigenvalue weighted by atomic mass is 9.98. The van der Waals surface area contributed by atoms with Crippen molar-refractivity contribution in [2.75, 3.05) is 40.6 Å². The molecule has 38 heavy (non-hydrogen) atoms. The first kappa shape index (κ1) is 25.6. The second-order valence-electron chi connectivity index (χ2n) is 9.13. The number of furan rings is 1. The van der Waals surface area contributed by atoms with Crippen molar-refractivity contribution in [1.29, 1.82) is 0 Å². The maximum atomic E-state index is 12.8. The Kier molecular flexibility index (Phi) is 7.81. The highest BCUT2D eigenvalue weighted by Crippen LogP contribution is 2.39. The van der Waals surface area contributed by atoms with Crippen LogP contribution in [0.5, 0.6) is 0 Å². The molecule has 1 aliphatic carbocycles. The molecule has 1 N–H and O–H groups in total. The van der Waals surface area contributed by atoms with Gasteiger partial charge in [-0.05, 0) is 24.3 Å². The Morgan fingerprint density at radius 2 is 1.74 bits per heavy atom. The van der Waals surface area contributed by atoms with E-state index in [0.29, 0.717) is 62.1 Å². The van der Waals surface area contributed by atoms with Crippen molar-refractivity contribution in [3.8, 4) is 11.3 Å². The van der Waals surface area contributed by atoms with Gasteiger partial charge >= 0.3 is 5.97 Å². The van der Waals surface area contributed by atoms with E-state index in [9.17, 15) is 9.90 Å². The molecule has 2 aromatic heterocycles. The predicted molar refractivity (Wildman–Crippen MR) is 144 cm³/mol. The van der Waals surface area contributed by atoms with Gasteiger partial charge in [-0.1, -0.05) is 36.4 Å². The Balaban J connectivity index is 1.55. The zero-order chi connectivity index (χ0) is 26.5. The van der Waals surface area contributed by atoms with Gasteiger partial charge < -0.3 is 33.0 Å². The molecule has 0 radical (unpaired) electrons. The molecule has 2 aromatic carbocycles. The molecule has 1 unspecified atom stereocenters. The van der Waals surface area contributed by atoms with Gasteiger partial charge in [0.2, 0.25) is 0 Å². The second-order valence-corrected chi connectivity index (χ2v) is 9.13. The molecule has 1 atom stereocenters. The van der Waals surface area contributed by atoms with E-state index in [1.54, 1.807) is 14.2 Å². The quantitative estimate of drug-likeness (QED) is 0.235. The number of aromatic nitrogens is 1. The summed E-state index contributed by atoms with van der Waals surface area (Å²) in [6.07, 6.45) is 4.51. The molecule has 2 heterocycles. The third-order valence-electron chi connectivity index (χ3n) is 6.56. The van der Waals surface area contributed by atoms with Crippen molar-refractivity contribution >= 4 is 27.8 Å². The number of hydrogen-bond acceptors (Lipinski definition) is 6. The molecule has 198 valence electrons. The normalized spacial score (nSPS) is 15.5. The number of carboxylic acid groups (broad SMARTS) is 1.